The number of ketones is 2. The first-order valence-corrected chi connectivity index (χ1v) is 9.92. The fourth-order valence-corrected chi connectivity index (χ4v) is 3.19. The molecule has 0 fully saturated rings. The molecule has 2 unspecified atom stereocenters. The molecule has 0 aromatic heterocycles. The van der Waals surface area contributed by atoms with Gasteiger partial charge < -0.3 is 14.2 Å². The van der Waals surface area contributed by atoms with Crippen molar-refractivity contribution in [3.63, 3.8) is 0 Å². The van der Waals surface area contributed by atoms with E-state index in [9.17, 15) is 14.4 Å². The van der Waals surface area contributed by atoms with E-state index in [4.69, 9.17) is 9.47 Å². The quantitative estimate of drug-likeness (QED) is 0.351. The van der Waals surface area contributed by atoms with E-state index in [1.165, 1.54) is 13.2 Å². The summed E-state index contributed by atoms with van der Waals surface area (Å²) in [4.78, 5) is 37.2. The number of rotatable bonds is 9. The molecule has 160 valence electrons. The van der Waals surface area contributed by atoms with Crippen molar-refractivity contribution in [1.82, 2.24) is 0 Å². The number of benzene rings is 2. The average molecular weight is 420 g/mol. The van der Waals surface area contributed by atoms with Crippen molar-refractivity contribution in [1.29, 1.82) is 0 Å². The molecular formula is C25H24O6. The van der Waals surface area contributed by atoms with E-state index in [-0.39, 0.29) is 31.2 Å². The monoisotopic (exact) mass is 420 g/mol. The standard InChI is InChI=1S/C25H24O6/c1-29-24(28)17-31-23-15-20(30-16-19-10-6-3-7-11-19)14-22(27)25(23)21(26)13-12-18-8-4-2-5-9-18/h2-13,15,23,25H,14,16-17H2,1H3. The predicted molar refractivity (Wildman–Crippen MR) is 115 cm³/mol. The summed E-state index contributed by atoms with van der Waals surface area (Å²) in [7, 11) is 1.24. The van der Waals surface area contributed by atoms with E-state index in [1.54, 1.807) is 12.2 Å². The van der Waals surface area contributed by atoms with Crippen LogP contribution in [0.4, 0.5) is 0 Å². The molecular weight excluding hydrogens is 396 g/mol. The second-order valence-electron chi connectivity index (χ2n) is 7.03. The number of hydrogen-bond acceptors (Lipinski definition) is 6. The molecule has 0 saturated carbocycles. The van der Waals surface area contributed by atoms with Crippen LogP contribution in [-0.2, 0) is 35.2 Å². The van der Waals surface area contributed by atoms with Crippen LogP contribution in [0.5, 0.6) is 0 Å². The number of esters is 1. The van der Waals surface area contributed by atoms with Crippen LogP contribution in [0, 0.1) is 5.92 Å². The lowest BCUT2D eigenvalue weighted by molar-refractivity contribution is -0.151. The van der Waals surface area contributed by atoms with Crippen molar-refractivity contribution >= 4 is 23.6 Å². The lowest BCUT2D eigenvalue weighted by Gasteiger charge is -2.27. The van der Waals surface area contributed by atoms with Crippen LogP contribution in [0.2, 0.25) is 0 Å². The highest BCUT2D eigenvalue weighted by atomic mass is 16.6. The number of carbonyl (C=O) groups excluding carboxylic acids is 3. The van der Waals surface area contributed by atoms with Crippen molar-refractivity contribution in [3.8, 4) is 0 Å². The second kappa shape index (κ2) is 11.0. The maximum atomic E-state index is 12.8. The number of hydrogen-bond donors (Lipinski definition) is 0. The van der Waals surface area contributed by atoms with Gasteiger partial charge in [-0.1, -0.05) is 66.7 Å². The van der Waals surface area contributed by atoms with Gasteiger partial charge in [0.1, 0.15) is 24.9 Å². The van der Waals surface area contributed by atoms with E-state index in [2.05, 4.69) is 4.74 Å². The van der Waals surface area contributed by atoms with Gasteiger partial charge in [0.2, 0.25) is 0 Å². The maximum absolute atomic E-state index is 12.8. The molecule has 0 bridgehead atoms. The van der Waals surface area contributed by atoms with E-state index in [1.807, 2.05) is 60.7 Å². The van der Waals surface area contributed by atoms with Crippen LogP contribution in [0.3, 0.4) is 0 Å². The van der Waals surface area contributed by atoms with Gasteiger partial charge >= 0.3 is 5.97 Å². The van der Waals surface area contributed by atoms with Crippen LogP contribution in [-0.4, -0.2) is 37.4 Å². The van der Waals surface area contributed by atoms with Crippen molar-refractivity contribution in [3.05, 3.63) is 89.7 Å². The van der Waals surface area contributed by atoms with E-state index < -0.39 is 18.0 Å². The number of allylic oxidation sites excluding steroid dienone is 2. The smallest absolute Gasteiger partial charge is 0.331 e. The number of Topliss-reactive ketones (excluding diaryl/α,β-unsaturated/α-hetero) is 1. The Balaban J connectivity index is 1.75. The Labute approximate surface area is 181 Å². The van der Waals surface area contributed by atoms with Gasteiger partial charge in [-0.3, -0.25) is 9.59 Å². The Morgan fingerprint density at radius 2 is 1.71 bits per heavy atom. The summed E-state index contributed by atoms with van der Waals surface area (Å²) in [6.07, 6.45) is 3.69. The highest BCUT2D eigenvalue weighted by Gasteiger charge is 2.38. The van der Waals surface area contributed by atoms with Crippen molar-refractivity contribution in [2.45, 2.75) is 19.1 Å². The lowest BCUT2D eigenvalue weighted by Crippen LogP contribution is -2.39. The molecule has 2 aromatic rings. The number of carbonyl (C=O) groups is 3. The molecule has 0 radical (unpaired) electrons. The zero-order valence-electron chi connectivity index (χ0n) is 17.2. The van der Waals surface area contributed by atoms with Gasteiger partial charge in [-0.05, 0) is 23.3 Å². The van der Waals surface area contributed by atoms with Gasteiger partial charge in [-0.25, -0.2) is 4.79 Å². The molecule has 0 N–H and O–H groups in total. The zero-order chi connectivity index (χ0) is 22.1. The summed E-state index contributed by atoms with van der Waals surface area (Å²) in [6.45, 7) is -0.0840. The van der Waals surface area contributed by atoms with Crippen molar-refractivity contribution < 1.29 is 28.6 Å². The molecule has 1 aliphatic rings. The Hall–Kier alpha value is -3.51. The fourth-order valence-electron chi connectivity index (χ4n) is 3.19. The highest BCUT2D eigenvalue weighted by molar-refractivity contribution is 6.10. The van der Waals surface area contributed by atoms with Crippen LogP contribution >= 0.6 is 0 Å². The van der Waals surface area contributed by atoms with Crippen molar-refractivity contribution in [2.75, 3.05) is 13.7 Å². The summed E-state index contributed by atoms with van der Waals surface area (Å²) < 4.78 is 15.9. The van der Waals surface area contributed by atoms with Crippen LogP contribution in [0.25, 0.3) is 6.08 Å². The summed E-state index contributed by atoms with van der Waals surface area (Å²) in [5, 5.41) is 0. The van der Waals surface area contributed by atoms with E-state index in [0.717, 1.165) is 11.1 Å². The van der Waals surface area contributed by atoms with Crippen LogP contribution < -0.4 is 0 Å². The molecule has 0 heterocycles. The Bertz CT molecular complexity index is 962. The molecule has 31 heavy (non-hydrogen) atoms. The third kappa shape index (κ3) is 6.49. The van der Waals surface area contributed by atoms with Crippen molar-refractivity contribution in [2.24, 2.45) is 5.92 Å². The SMILES string of the molecule is COC(=O)COC1C=C(OCc2ccccc2)CC(=O)C1C(=O)C=Cc1ccccc1. The van der Waals surface area contributed by atoms with Gasteiger partial charge in [0.05, 0.1) is 19.6 Å². The van der Waals surface area contributed by atoms with Crippen LogP contribution in [0.1, 0.15) is 17.5 Å². The van der Waals surface area contributed by atoms with Gasteiger partial charge in [0.25, 0.3) is 0 Å². The third-order valence-corrected chi connectivity index (χ3v) is 4.81. The highest BCUT2D eigenvalue weighted by Crippen LogP contribution is 2.26. The molecule has 0 aliphatic heterocycles. The Kier molecular flexibility index (Phi) is 7.90. The second-order valence-corrected chi connectivity index (χ2v) is 7.03. The fraction of sp³-hybridized carbons (Fsp3) is 0.240. The maximum Gasteiger partial charge on any atom is 0.331 e. The first-order valence-electron chi connectivity index (χ1n) is 9.92. The molecule has 0 spiro atoms. The summed E-state index contributed by atoms with van der Waals surface area (Å²) in [5.74, 6) is -1.93. The average Bonchev–Trinajstić information content (AvgIpc) is 2.80. The molecule has 2 aromatic carbocycles. The normalized spacial score (nSPS) is 18.5. The molecule has 1 aliphatic carbocycles. The Morgan fingerprint density at radius 1 is 1.03 bits per heavy atom. The minimum absolute atomic E-state index is 0.0134. The van der Waals surface area contributed by atoms with Gasteiger partial charge in [0.15, 0.2) is 11.6 Å². The minimum Gasteiger partial charge on any atom is -0.493 e. The summed E-state index contributed by atoms with van der Waals surface area (Å²) >= 11 is 0. The van der Waals surface area contributed by atoms with E-state index in [0.29, 0.717) is 5.76 Å². The molecule has 2 atom stereocenters. The number of methoxy groups -OCH3 is 1. The van der Waals surface area contributed by atoms with E-state index >= 15 is 0 Å². The van der Waals surface area contributed by atoms with Crippen LogP contribution in [0.15, 0.2) is 78.6 Å². The topological polar surface area (TPSA) is 78.9 Å². The molecule has 3 rings (SSSR count). The molecule has 0 amide bonds. The van der Waals surface area contributed by atoms with Gasteiger partial charge in [-0.15, -0.1) is 0 Å². The first-order chi connectivity index (χ1) is 15.1. The lowest BCUT2D eigenvalue weighted by atomic mass is 9.85. The molecule has 6 nitrogen and oxygen atoms in total. The molecule has 0 saturated heterocycles. The number of ether oxygens (including phenoxy) is 3. The minimum atomic E-state index is -1.05. The van der Waals surface area contributed by atoms with Gasteiger partial charge in [-0.2, -0.15) is 0 Å². The zero-order valence-corrected chi connectivity index (χ0v) is 17.2. The Morgan fingerprint density at radius 3 is 2.39 bits per heavy atom. The third-order valence-electron chi connectivity index (χ3n) is 4.81. The molecule has 6 heteroatoms. The van der Waals surface area contributed by atoms with Gasteiger partial charge in [0, 0.05) is 0 Å². The first kappa shape index (κ1) is 22.2. The predicted octanol–water partition coefficient (Wildman–Crippen LogP) is 3.52. The largest absolute Gasteiger partial charge is 0.493 e. The summed E-state index contributed by atoms with van der Waals surface area (Å²) in [6, 6.07) is 18.8. The summed E-state index contributed by atoms with van der Waals surface area (Å²) in [5.41, 5.74) is 1.79.